The molecular weight excluding hydrogens is 507 g/mol. The number of ether oxygens (including phenoxy) is 1. The quantitative estimate of drug-likeness (QED) is 0.258. The number of para-hydroxylation sites is 1. The van der Waals surface area contributed by atoms with Crippen molar-refractivity contribution in [1.29, 1.82) is 0 Å². The minimum absolute atomic E-state index is 0. The smallest absolute Gasteiger partial charge is 0.191 e. The molecule has 2 aromatic heterocycles. The highest BCUT2D eigenvalue weighted by Crippen LogP contribution is 2.31. The van der Waals surface area contributed by atoms with Crippen LogP contribution in [-0.4, -0.2) is 54.9 Å². The van der Waals surface area contributed by atoms with E-state index >= 15 is 0 Å². The number of hydrogen-bond donors (Lipinski definition) is 2. The first kappa shape index (κ1) is 25.0. The maximum atomic E-state index is 6.11. The van der Waals surface area contributed by atoms with Crippen molar-refractivity contribution in [3.63, 3.8) is 0 Å². The molecule has 2 N–H and O–H groups in total. The Morgan fingerprint density at radius 1 is 1.35 bits per heavy atom. The summed E-state index contributed by atoms with van der Waals surface area (Å²) in [5, 5.41) is 12.1. The van der Waals surface area contributed by atoms with Gasteiger partial charge in [-0.1, -0.05) is 12.1 Å². The number of nitrogens with zero attached hydrogens (tertiary/aromatic N) is 4. The van der Waals surface area contributed by atoms with E-state index in [2.05, 4.69) is 46.6 Å². The molecule has 170 valence electrons. The molecule has 9 heteroatoms. The first-order valence-electron chi connectivity index (χ1n) is 10.2. The maximum absolute atomic E-state index is 6.11. The van der Waals surface area contributed by atoms with E-state index in [0.29, 0.717) is 19.1 Å². The fraction of sp³-hybridized carbons (Fsp3) is 0.455. The molecule has 0 aliphatic heterocycles. The molecular formula is C22H33IN6O2. The van der Waals surface area contributed by atoms with Crippen LogP contribution >= 0.6 is 24.0 Å². The summed E-state index contributed by atoms with van der Waals surface area (Å²) in [4.78, 5) is 6.54. The molecule has 3 aromatic rings. The minimum Gasteiger partial charge on any atom is -0.490 e. The molecule has 3 rings (SSSR count). The standard InChI is InChI=1S/C22H32N6O2.HI/c1-7-29-19-10-8-9-16-11-20(30-21(16)19)15(2)26-22(23-3)24-13-18(27(4)5)17-12-25-28(6)14-17;/h8-12,14-15,18H,7,13H2,1-6H3,(H2,23,24,26);1H. The summed E-state index contributed by atoms with van der Waals surface area (Å²) in [6.45, 7) is 5.31. The van der Waals surface area contributed by atoms with Gasteiger partial charge in [-0.05, 0) is 40.1 Å². The SMILES string of the molecule is CCOc1cccc2cc(C(C)NC(=NC)NCC(c3cnn(C)c3)N(C)C)oc12.I. The van der Waals surface area contributed by atoms with Crippen LogP contribution in [0, 0.1) is 0 Å². The summed E-state index contributed by atoms with van der Waals surface area (Å²) in [6.07, 6.45) is 3.94. The number of aliphatic imine (C=N–C) groups is 1. The second-order valence-corrected chi connectivity index (χ2v) is 7.50. The number of aryl methyl sites for hydroxylation is 1. The summed E-state index contributed by atoms with van der Waals surface area (Å²) in [5.41, 5.74) is 1.93. The van der Waals surface area contributed by atoms with E-state index in [1.54, 1.807) is 7.05 Å². The molecule has 31 heavy (non-hydrogen) atoms. The van der Waals surface area contributed by atoms with Crippen molar-refractivity contribution >= 4 is 40.9 Å². The highest BCUT2D eigenvalue weighted by atomic mass is 127. The third kappa shape index (κ3) is 6.13. The first-order chi connectivity index (χ1) is 14.4. The molecule has 0 radical (unpaired) electrons. The normalized spacial score (nSPS) is 13.7. The van der Waals surface area contributed by atoms with E-state index in [1.165, 1.54) is 0 Å². The first-order valence-corrected chi connectivity index (χ1v) is 10.2. The van der Waals surface area contributed by atoms with E-state index < -0.39 is 0 Å². The molecule has 0 saturated heterocycles. The van der Waals surface area contributed by atoms with Crippen molar-refractivity contribution in [3.05, 3.63) is 48.0 Å². The topological polar surface area (TPSA) is 79.8 Å². The monoisotopic (exact) mass is 540 g/mol. The highest BCUT2D eigenvalue weighted by Gasteiger charge is 2.18. The Bertz CT molecular complexity index is 997. The van der Waals surface area contributed by atoms with Crippen LogP contribution in [0.1, 0.15) is 37.3 Å². The Kier molecular flexibility index (Phi) is 9.17. The molecule has 0 spiro atoms. The number of furan rings is 1. The van der Waals surface area contributed by atoms with Crippen molar-refractivity contribution in [2.24, 2.45) is 12.0 Å². The Balaban J connectivity index is 0.00000341. The van der Waals surface area contributed by atoms with Crippen molar-refractivity contribution in [1.82, 2.24) is 25.3 Å². The molecule has 2 unspecified atom stereocenters. The van der Waals surface area contributed by atoms with Gasteiger partial charge in [-0.3, -0.25) is 9.67 Å². The van der Waals surface area contributed by atoms with Crippen LogP contribution in [0.5, 0.6) is 5.75 Å². The molecule has 8 nitrogen and oxygen atoms in total. The lowest BCUT2D eigenvalue weighted by molar-refractivity contribution is 0.297. The number of nitrogens with one attached hydrogen (secondary N) is 2. The molecule has 0 amide bonds. The molecule has 0 fully saturated rings. The van der Waals surface area contributed by atoms with Crippen molar-refractivity contribution in [2.45, 2.75) is 25.9 Å². The van der Waals surface area contributed by atoms with E-state index in [1.807, 2.05) is 55.3 Å². The number of halogens is 1. The number of likely N-dealkylation sites (N-methyl/N-ethyl adjacent to an activating group) is 1. The van der Waals surface area contributed by atoms with Gasteiger partial charge in [0.15, 0.2) is 17.3 Å². The van der Waals surface area contributed by atoms with Crippen LogP contribution in [0.3, 0.4) is 0 Å². The van der Waals surface area contributed by atoms with Crippen molar-refractivity contribution < 1.29 is 9.15 Å². The molecule has 0 aliphatic rings. The number of guanidine groups is 1. The molecule has 0 aliphatic carbocycles. The maximum Gasteiger partial charge on any atom is 0.191 e. The minimum atomic E-state index is -0.0609. The summed E-state index contributed by atoms with van der Waals surface area (Å²) >= 11 is 0. The van der Waals surface area contributed by atoms with E-state index in [0.717, 1.165) is 28.0 Å². The van der Waals surface area contributed by atoms with Crippen molar-refractivity contribution in [3.8, 4) is 5.75 Å². The lowest BCUT2D eigenvalue weighted by Gasteiger charge is -2.25. The van der Waals surface area contributed by atoms with Gasteiger partial charge < -0.3 is 24.7 Å². The fourth-order valence-electron chi connectivity index (χ4n) is 3.41. The Hall–Kier alpha value is -2.27. The van der Waals surface area contributed by atoms with Crippen LogP contribution < -0.4 is 15.4 Å². The second kappa shape index (κ2) is 11.4. The fourth-order valence-corrected chi connectivity index (χ4v) is 3.41. The molecule has 0 saturated carbocycles. The Labute approximate surface area is 201 Å². The number of rotatable bonds is 8. The van der Waals surface area contributed by atoms with Gasteiger partial charge in [0.25, 0.3) is 0 Å². The predicted octanol–water partition coefficient (Wildman–Crippen LogP) is 3.71. The summed E-state index contributed by atoms with van der Waals surface area (Å²) < 4.78 is 13.6. The van der Waals surface area contributed by atoms with E-state index in [4.69, 9.17) is 9.15 Å². The predicted molar refractivity (Wildman–Crippen MR) is 135 cm³/mol. The van der Waals surface area contributed by atoms with Gasteiger partial charge in [0.1, 0.15) is 5.76 Å². The second-order valence-electron chi connectivity index (χ2n) is 7.50. The van der Waals surface area contributed by atoms with Crippen LogP contribution in [0.2, 0.25) is 0 Å². The average molecular weight is 540 g/mol. The Morgan fingerprint density at radius 2 is 2.13 bits per heavy atom. The Morgan fingerprint density at radius 3 is 2.74 bits per heavy atom. The van der Waals surface area contributed by atoms with Crippen LogP contribution in [0.25, 0.3) is 11.0 Å². The molecule has 2 atom stereocenters. The zero-order valence-electron chi connectivity index (χ0n) is 19.0. The molecule has 0 bridgehead atoms. The van der Waals surface area contributed by atoms with Gasteiger partial charge in [0.05, 0.1) is 24.9 Å². The highest BCUT2D eigenvalue weighted by molar-refractivity contribution is 14.0. The third-order valence-electron chi connectivity index (χ3n) is 5.03. The molecule has 2 heterocycles. The van der Waals surface area contributed by atoms with Crippen molar-refractivity contribution in [2.75, 3.05) is 34.3 Å². The van der Waals surface area contributed by atoms with Gasteiger partial charge >= 0.3 is 0 Å². The van der Waals surface area contributed by atoms with E-state index in [-0.39, 0.29) is 36.1 Å². The third-order valence-corrected chi connectivity index (χ3v) is 5.03. The van der Waals surface area contributed by atoms with E-state index in [9.17, 15) is 0 Å². The summed E-state index contributed by atoms with van der Waals surface area (Å²) in [6, 6.07) is 8.09. The number of aromatic nitrogens is 2. The van der Waals surface area contributed by atoms with Crippen LogP contribution in [0.15, 0.2) is 46.1 Å². The van der Waals surface area contributed by atoms with Gasteiger partial charge in [0, 0.05) is 37.8 Å². The summed E-state index contributed by atoms with van der Waals surface area (Å²) in [5.74, 6) is 2.31. The number of benzene rings is 1. The zero-order chi connectivity index (χ0) is 21.7. The average Bonchev–Trinajstić information content (AvgIpc) is 3.34. The number of hydrogen-bond acceptors (Lipinski definition) is 5. The lowest BCUT2D eigenvalue weighted by Crippen LogP contribution is -2.42. The van der Waals surface area contributed by atoms with Gasteiger partial charge in [-0.15, -0.1) is 24.0 Å². The van der Waals surface area contributed by atoms with Gasteiger partial charge in [-0.25, -0.2) is 0 Å². The summed E-state index contributed by atoms with van der Waals surface area (Å²) in [7, 11) is 7.81. The lowest BCUT2D eigenvalue weighted by atomic mass is 10.1. The largest absolute Gasteiger partial charge is 0.490 e. The zero-order valence-corrected chi connectivity index (χ0v) is 21.4. The van der Waals surface area contributed by atoms with Gasteiger partial charge in [-0.2, -0.15) is 5.10 Å². The number of fused-ring (bicyclic) bond motifs is 1. The molecule has 1 aromatic carbocycles. The van der Waals surface area contributed by atoms with Gasteiger partial charge in [0.2, 0.25) is 0 Å². The van der Waals surface area contributed by atoms with Crippen LogP contribution in [-0.2, 0) is 7.05 Å². The van der Waals surface area contributed by atoms with Crippen LogP contribution in [0.4, 0.5) is 0 Å².